The van der Waals surface area contributed by atoms with Crippen molar-refractivity contribution >= 4 is 5.97 Å². The number of unbranched alkanes of at least 4 members (excludes halogenated alkanes) is 6. The van der Waals surface area contributed by atoms with Crippen molar-refractivity contribution in [1.82, 2.24) is 0 Å². The standard InChI is InChI=1S/C19H38NO6/c1-4-24-20(25-5-2,26-6-3)15-13-11-9-7-8-10-12-14-19(21)23-17-18-16-22-18/h18H,4-17H2,1-3H3/q+1. The van der Waals surface area contributed by atoms with Gasteiger partial charge in [0.15, 0.2) is 6.54 Å². The molecule has 154 valence electrons. The molecule has 0 radical (unpaired) electrons. The number of nitrogens with zero attached hydrogens (tertiary/aromatic N) is 1. The van der Waals surface area contributed by atoms with Crippen LogP contribution in [-0.4, -0.2) is 56.6 Å². The van der Waals surface area contributed by atoms with Gasteiger partial charge in [-0.2, -0.15) is 0 Å². The Morgan fingerprint density at radius 3 is 1.88 bits per heavy atom. The number of carbonyl (C=O) groups is 1. The molecule has 1 rings (SSSR count). The number of hydrogen-bond acceptors (Lipinski definition) is 6. The van der Waals surface area contributed by atoms with E-state index in [1.165, 1.54) is 12.8 Å². The fourth-order valence-corrected chi connectivity index (χ4v) is 2.78. The van der Waals surface area contributed by atoms with Crippen molar-refractivity contribution in [2.75, 3.05) is 39.6 Å². The molecule has 26 heavy (non-hydrogen) atoms. The third-order valence-electron chi connectivity index (χ3n) is 4.12. The molecule has 7 heteroatoms. The molecule has 0 bridgehead atoms. The lowest BCUT2D eigenvalue weighted by atomic mass is 10.1. The summed E-state index contributed by atoms with van der Waals surface area (Å²) in [5, 5.41) is 0. The molecule has 0 aliphatic carbocycles. The summed E-state index contributed by atoms with van der Waals surface area (Å²) in [6, 6.07) is 0. The van der Waals surface area contributed by atoms with Crippen LogP contribution in [0.15, 0.2) is 0 Å². The number of esters is 1. The second-order valence-electron chi connectivity index (χ2n) is 6.45. The molecule has 1 aliphatic rings. The average molecular weight is 377 g/mol. The maximum absolute atomic E-state index is 11.5. The van der Waals surface area contributed by atoms with Gasteiger partial charge in [-0.15, -0.1) is 14.5 Å². The molecule has 0 aromatic heterocycles. The molecule has 1 aliphatic heterocycles. The van der Waals surface area contributed by atoms with E-state index >= 15 is 0 Å². The van der Waals surface area contributed by atoms with Crippen LogP contribution in [0.4, 0.5) is 0 Å². The fourth-order valence-electron chi connectivity index (χ4n) is 2.78. The summed E-state index contributed by atoms with van der Waals surface area (Å²) >= 11 is 0. The summed E-state index contributed by atoms with van der Waals surface area (Å²) in [4.78, 5) is 28.3. The predicted molar refractivity (Wildman–Crippen MR) is 97.6 cm³/mol. The van der Waals surface area contributed by atoms with Gasteiger partial charge >= 0.3 is 5.97 Å². The fraction of sp³-hybridized carbons (Fsp3) is 0.947. The zero-order valence-electron chi connectivity index (χ0n) is 16.9. The van der Waals surface area contributed by atoms with E-state index in [1.807, 2.05) is 20.8 Å². The van der Waals surface area contributed by atoms with Gasteiger partial charge < -0.3 is 9.47 Å². The Hall–Kier alpha value is -0.730. The molecule has 1 saturated heterocycles. The third-order valence-corrected chi connectivity index (χ3v) is 4.12. The van der Waals surface area contributed by atoms with Gasteiger partial charge in [-0.1, -0.05) is 25.7 Å². The monoisotopic (exact) mass is 376 g/mol. The van der Waals surface area contributed by atoms with Crippen molar-refractivity contribution in [2.45, 2.75) is 78.2 Å². The van der Waals surface area contributed by atoms with Gasteiger partial charge in [0.25, 0.3) is 0 Å². The van der Waals surface area contributed by atoms with E-state index in [-0.39, 0.29) is 17.0 Å². The van der Waals surface area contributed by atoms with Crippen molar-refractivity contribution in [3.8, 4) is 0 Å². The number of hydrogen-bond donors (Lipinski definition) is 0. The number of hydroxylamine groups is 3. The van der Waals surface area contributed by atoms with Gasteiger partial charge in [0.2, 0.25) is 0 Å². The first-order chi connectivity index (χ1) is 12.7. The van der Waals surface area contributed by atoms with Crippen LogP contribution in [-0.2, 0) is 28.8 Å². The van der Waals surface area contributed by atoms with Crippen LogP contribution in [0.3, 0.4) is 0 Å². The maximum Gasteiger partial charge on any atom is 0.305 e. The van der Waals surface area contributed by atoms with Crippen LogP contribution in [0.5, 0.6) is 0 Å². The molecule has 7 nitrogen and oxygen atoms in total. The largest absolute Gasteiger partial charge is 0.463 e. The minimum Gasteiger partial charge on any atom is -0.463 e. The minimum atomic E-state index is -0.155. The molecular formula is C19H38NO6+. The first-order valence-electron chi connectivity index (χ1n) is 10.2. The first-order valence-corrected chi connectivity index (χ1v) is 10.2. The van der Waals surface area contributed by atoms with E-state index in [0.717, 1.165) is 38.7 Å². The van der Waals surface area contributed by atoms with Gasteiger partial charge in [0, 0.05) is 12.8 Å². The van der Waals surface area contributed by atoms with Crippen LogP contribution in [0, 0.1) is 0 Å². The highest BCUT2D eigenvalue weighted by Gasteiger charge is 2.33. The number of quaternary nitrogens is 1. The Morgan fingerprint density at radius 2 is 1.38 bits per heavy atom. The minimum absolute atomic E-state index is 0.0996. The SMILES string of the molecule is CCO[N+](CCCCCCCCCC(=O)OCC1CO1)(OCC)OCC. The zero-order valence-corrected chi connectivity index (χ0v) is 16.9. The Bertz CT molecular complexity index is 345. The molecule has 1 fully saturated rings. The summed E-state index contributed by atoms with van der Waals surface area (Å²) in [6.45, 7) is 9.34. The number of rotatable bonds is 18. The summed E-state index contributed by atoms with van der Waals surface area (Å²) < 4.78 is 10.1. The highest BCUT2D eigenvalue weighted by atomic mass is 17.2. The van der Waals surface area contributed by atoms with Crippen LogP contribution < -0.4 is 0 Å². The van der Waals surface area contributed by atoms with Crippen molar-refractivity contribution in [2.24, 2.45) is 0 Å². The summed E-state index contributed by atoms with van der Waals surface area (Å²) in [6.07, 6.45) is 8.29. The van der Waals surface area contributed by atoms with Crippen LogP contribution in [0.1, 0.15) is 72.1 Å². The Morgan fingerprint density at radius 1 is 0.885 bits per heavy atom. The first kappa shape index (κ1) is 23.3. The van der Waals surface area contributed by atoms with Crippen LogP contribution in [0.25, 0.3) is 0 Å². The summed E-state index contributed by atoms with van der Waals surface area (Å²) in [5.74, 6) is -0.0996. The van der Waals surface area contributed by atoms with Crippen molar-refractivity contribution in [3.63, 3.8) is 0 Å². The van der Waals surface area contributed by atoms with Crippen molar-refractivity contribution in [3.05, 3.63) is 0 Å². The van der Waals surface area contributed by atoms with E-state index < -0.39 is 0 Å². The lowest BCUT2D eigenvalue weighted by Gasteiger charge is -2.28. The lowest BCUT2D eigenvalue weighted by molar-refractivity contribution is -1.37. The zero-order chi connectivity index (χ0) is 19.1. The third kappa shape index (κ3) is 11.1. The Kier molecular flexibility index (Phi) is 12.9. The molecule has 0 aromatic carbocycles. The van der Waals surface area contributed by atoms with E-state index in [4.69, 9.17) is 24.0 Å². The van der Waals surface area contributed by atoms with E-state index in [9.17, 15) is 4.79 Å². The smallest absolute Gasteiger partial charge is 0.305 e. The number of ether oxygens (including phenoxy) is 2. The second kappa shape index (κ2) is 14.3. The normalized spacial score (nSPS) is 16.7. The van der Waals surface area contributed by atoms with Gasteiger partial charge in [0.1, 0.15) is 32.5 Å². The van der Waals surface area contributed by atoms with Crippen LogP contribution in [0.2, 0.25) is 0 Å². The molecule has 1 atom stereocenters. The summed E-state index contributed by atoms with van der Waals surface area (Å²) in [5.41, 5.74) is 0. The molecular weight excluding hydrogens is 338 g/mol. The Labute approximate surface area is 158 Å². The molecule has 0 spiro atoms. The second-order valence-corrected chi connectivity index (χ2v) is 6.45. The van der Waals surface area contributed by atoms with Gasteiger partial charge in [0.05, 0.1) is 11.6 Å². The molecule has 0 aromatic rings. The molecule has 0 saturated carbocycles. The lowest BCUT2D eigenvalue weighted by Crippen LogP contribution is -2.48. The number of epoxide rings is 1. The molecule has 0 amide bonds. The van der Waals surface area contributed by atoms with Crippen molar-refractivity contribution < 1.29 is 33.8 Å². The average Bonchev–Trinajstić information content (AvgIpc) is 3.43. The molecule has 1 unspecified atom stereocenters. The van der Waals surface area contributed by atoms with Crippen molar-refractivity contribution in [1.29, 1.82) is 0 Å². The van der Waals surface area contributed by atoms with E-state index in [2.05, 4.69) is 0 Å². The summed E-state index contributed by atoms with van der Waals surface area (Å²) in [7, 11) is 0. The highest BCUT2D eigenvalue weighted by molar-refractivity contribution is 5.69. The maximum atomic E-state index is 11.5. The van der Waals surface area contributed by atoms with E-state index in [1.54, 1.807) is 0 Å². The van der Waals surface area contributed by atoms with E-state index in [0.29, 0.717) is 39.4 Å². The highest BCUT2D eigenvalue weighted by Crippen LogP contribution is 2.16. The van der Waals surface area contributed by atoms with Gasteiger partial charge in [-0.25, -0.2) is 0 Å². The molecule has 0 N–H and O–H groups in total. The predicted octanol–water partition coefficient (Wildman–Crippen LogP) is 3.72. The van der Waals surface area contributed by atoms with Gasteiger partial charge in [-0.3, -0.25) is 4.79 Å². The number of carbonyl (C=O) groups excluding carboxylic acids is 1. The van der Waals surface area contributed by atoms with Crippen LogP contribution >= 0.6 is 0 Å². The quantitative estimate of drug-likeness (QED) is 0.119. The molecule has 1 heterocycles. The Balaban J connectivity index is 1.98. The topological polar surface area (TPSA) is 66.5 Å². The van der Waals surface area contributed by atoms with Gasteiger partial charge in [-0.05, 0) is 33.6 Å².